The van der Waals surface area contributed by atoms with Crippen molar-refractivity contribution in [2.24, 2.45) is 0 Å². The standard InChI is InChI=1S/C9H7N3O3/c13-7-4-11-9-6(2-1-3-10-9)12(7)5-8(14)15/h1-4H,5H2,(H,14,15). The summed E-state index contributed by atoms with van der Waals surface area (Å²) in [5, 5.41) is 8.65. The number of carbonyl (C=O) groups is 1. The molecule has 2 rings (SSSR count). The highest BCUT2D eigenvalue weighted by molar-refractivity contribution is 5.73. The molecule has 0 atom stereocenters. The Hall–Kier alpha value is -2.24. The lowest BCUT2D eigenvalue weighted by Crippen LogP contribution is -2.24. The third-order valence-corrected chi connectivity index (χ3v) is 1.91. The van der Waals surface area contributed by atoms with Crippen LogP contribution < -0.4 is 5.56 Å². The zero-order valence-corrected chi connectivity index (χ0v) is 7.62. The van der Waals surface area contributed by atoms with Crippen molar-refractivity contribution in [3.05, 3.63) is 34.9 Å². The zero-order chi connectivity index (χ0) is 10.8. The van der Waals surface area contributed by atoms with Crippen LogP contribution in [0.4, 0.5) is 0 Å². The van der Waals surface area contributed by atoms with Crippen LogP contribution in [0.1, 0.15) is 0 Å². The van der Waals surface area contributed by atoms with Crippen LogP contribution in [0.3, 0.4) is 0 Å². The largest absolute Gasteiger partial charge is 0.480 e. The molecule has 2 aromatic rings. The van der Waals surface area contributed by atoms with Crippen molar-refractivity contribution < 1.29 is 9.90 Å². The first kappa shape index (κ1) is 9.32. The summed E-state index contributed by atoms with van der Waals surface area (Å²) in [6.45, 7) is -0.385. The number of aromatic nitrogens is 3. The molecule has 0 aromatic carbocycles. The highest BCUT2D eigenvalue weighted by atomic mass is 16.4. The van der Waals surface area contributed by atoms with Gasteiger partial charge in [-0.1, -0.05) is 0 Å². The van der Waals surface area contributed by atoms with Gasteiger partial charge in [-0.2, -0.15) is 0 Å². The van der Waals surface area contributed by atoms with Gasteiger partial charge in [0, 0.05) is 6.20 Å². The molecular weight excluding hydrogens is 198 g/mol. The maximum Gasteiger partial charge on any atom is 0.323 e. The van der Waals surface area contributed by atoms with E-state index in [4.69, 9.17) is 5.11 Å². The first-order chi connectivity index (χ1) is 7.18. The summed E-state index contributed by atoms with van der Waals surface area (Å²) in [6, 6.07) is 3.24. The lowest BCUT2D eigenvalue weighted by atomic mass is 10.4. The van der Waals surface area contributed by atoms with Crippen LogP contribution in [0.25, 0.3) is 11.2 Å². The lowest BCUT2D eigenvalue weighted by Gasteiger charge is -2.04. The van der Waals surface area contributed by atoms with Crippen LogP contribution in [-0.4, -0.2) is 25.6 Å². The van der Waals surface area contributed by atoms with Crippen LogP contribution in [0, 0.1) is 0 Å². The molecule has 2 aromatic heterocycles. The maximum atomic E-state index is 11.4. The Morgan fingerprint density at radius 2 is 2.27 bits per heavy atom. The Balaban J connectivity index is 2.74. The number of fused-ring (bicyclic) bond motifs is 1. The molecule has 0 saturated heterocycles. The number of nitrogens with zero attached hydrogens (tertiary/aromatic N) is 3. The smallest absolute Gasteiger partial charge is 0.323 e. The van der Waals surface area contributed by atoms with Crippen molar-refractivity contribution in [3.63, 3.8) is 0 Å². The van der Waals surface area contributed by atoms with E-state index in [1.165, 1.54) is 6.20 Å². The first-order valence-electron chi connectivity index (χ1n) is 4.21. The van der Waals surface area contributed by atoms with E-state index in [-0.39, 0.29) is 6.54 Å². The number of hydrogen-bond donors (Lipinski definition) is 1. The third-order valence-electron chi connectivity index (χ3n) is 1.91. The minimum atomic E-state index is -1.08. The van der Waals surface area contributed by atoms with Gasteiger partial charge in [-0.3, -0.25) is 14.2 Å². The monoisotopic (exact) mass is 205 g/mol. The normalized spacial score (nSPS) is 10.4. The van der Waals surface area contributed by atoms with Crippen molar-refractivity contribution >= 4 is 17.1 Å². The van der Waals surface area contributed by atoms with E-state index in [2.05, 4.69) is 9.97 Å². The van der Waals surface area contributed by atoms with Gasteiger partial charge < -0.3 is 5.11 Å². The molecule has 1 N–H and O–H groups in total. The number of carboxylic acids is 1. The van der Waals surface area contributed by atoms with E-state index in [1.54, 1.807) is 12.1 Å². The summed E-state index contributed by atoms with van der Waals surface area (Å²) < 4.78 is 1.12. The Labute approximate surface area is 83.8 Å². The second kappa shape index (κ2) is 3.49. The SMILES string of the molecule is O=C(O)Cn1c(=O)cnc2ncccc21. The molecule has 15 heavy (non-hydrogen) atoms. The first-order valence-corrected chi connectivity index (χ1v) is 4.21. The third kappa shape index (κ3) is 1.69. The van der Waals surface area contributed by atoms with Gasteiger partial charge in [-0.05, 0) is 12.1 Å². The number of aliphatic carboxylic acids is 1. The maximum absolute atomic E-state index is 11.4. The highest BCUT2D eigenvalue weighted by Crippen LogP contribution is 2.04. The van der Waals surface area contributed by atoms with E-state index in [0.29, 0.717) is 11.2 Å². The molecule has 0 fully saturated rings. The van der Waals surface area contributed by atoms with Gasteiger partial charge in [0.15, 0.2) is 5.65 Å². The Bertz CT molecular complexity index is 576. The summed E-state index contributed by atoms with van der Waals surface area (Å²) in [5.74, 6) is -1.08. The van der Waals surface area contributed by atoms with Gasteiger partial charge in [-0.25, -0.2) is 9.97 Å². The zero-order valence-electron chi connectivity index (χ0n) is 7.62. The topological polar surface area (TPSA) is 85.1 Å². The molecule has 2 heterocycles. The van der Waals surface area contributed by atoms with E-state index < -0.39 is 11.5 Å². The fraction of sp³-hybridized carbons (Fsp3) is 0.111. The highest BCUT2D eigenvalue weighted by Gasteiger charge is 2.07. The van der Waals surface area contributed by atoms with E-state index >= 15 is 0 Å². The quantitative estimate of drug-likeness (QED) is 0.738. The van der Waals surface area contributed by atoms with Gasteiger partial charge in [0.1, 0.15) is 6.54 Å². The van der Waals surface area contributed by atoms with Crippen LogP contribution in [0.2, 0.25) is 0 Å². The molecular formula is C9H7N3O3. The summed E-state index contributed by atoms with van der Waals surface area (Å²) in [7, 11) is 0. The van der Waals surface area contributed by atoms with Gasteiger partial charge in [0.25, 0.3) is 5.56 Å². The number of pyridine rings is 1. The number of hydrogen-bond acceptors (Lipinski definition) is 4. The van der Waals surface area contributed by atoms with Crippen LogP contribution >= 0.6 is 0 Å². The predicted molar refractivity (Wildman–Crippen MR) is 51.4 cm³/mol. The molecule has 6 nitrogen and oxygen atoms in total. The average molecular weight is 205 g/mol. The molecule has 0 aliphatic carbocycles. The van der Waals surface area contributed by atoms with Crippen LogP contribution in [0.15, 0.2) is 29.3 Å². The minimum Gasteiger partial charge on any atom is -0.480 e. The van der Waals surface area contributed by atoms with Crippen molar-refractivity contribution in [1.82, 2.24) is 14.5 Å². The van der Waals surface area contributed by atoms with E-state index in [0.717, 1.165) is 10.8 Å². The molecule has 0 aliphatic heterocycles. The predicted octanol–water partition coefficient (Wildman–Crippen LogP) is -0.124. The van der Waals surface area contributed by atoms with Gasteiger partial charge in [0.05, 0.1) is 11.7 Å². The summed E-state index contributed by atoms with van der Waals surface area (Å²) >= 11 is 0. The average Bonchev–Trinajstić information content (AvgIpc) is 2.22. The summed E-state index contributed by atoms with van der Waals surface area (Å²) in [4.78, 5) is 29.7. The Morgan fingerprint density at radius 1 is 1.47 bits per heavy atom. The van der Waals surface area contributed by atoms with E-state index in [9.17, 15) is 9.59 Å². The molecule has 0 spiro atoms. The van der Waals surface area contributed by atoms with Crippen LogP contribution in [0.5, 0.6) is 0 Å². The van der Waals surface area contributed by atoms with Gasteiger partial charge in [0.2, 0.25) is 0 Å². The molecule has 0 unspecified atom stereocenters. The molecule has 0 amide bonds. The Morgan fingerprint density at radius 3 is 3.00 bits per heavy atom. The Kier molecular flexibility index (Phi) is 2.17. The van der Waals surface area contributed by atoms with Gasteiger partial charge >= 0.3 is 5.97 Å². The fourth-order valence-corrected chi connectivity index (χ4v) is 1.30. The molecule has 0 saturated carbocycles. The van der Waals surface area contributed by atoms with E-state index in [1.807, 2.05) is 0 Å². The summed E-state index contributed by atoms with van der Waals surface area (Å²) in [5.41, 5.74) is 0.337. The second-order valence-electron chi connectivity index (χ2n) is 2.92. The molecule has 0 radical (unpaired) electrons. The fourth-order valence-electron chi connectivity index (χ4n) is 1.30. The van der Waals surface area contributed by atoms with Crippen molar-refractivity contribution in [2.75, 3.05) is 0 Å². The molecule has 6 heteroatoms. The second-order valence-corrected chi connectivity index (χ2v) is 2.92. The number of carboxylic acid groups (broad SMARTS) is 1. The van der Waals surface area contributed by atoms with Gasteiger partial charge in [-0.15, -0.1) is 0 Å². The molecule has 76 valence electrons. The van der Waals surface area contributed by atoms with Crippen molar-refractivity contribution in [3.8, 4) is 0 Å². The van der Waals surface area contributed by atoms with Crippen molar-refractivity contribution in [1.29, 1.82) is 0 Å². The molecule has 0 aliphatic rings. The summed E-state index contributed by atoms with van der Waals surface area (Å²) in [6.07, 6.45) is 2.60. The van der Waals surface area contributed by atoms with Crippen LogP contribution in [-0.2, 0) is 11.3 Å². The molecule has 0 bridgehead atoms. The number of rotatable bonds is 2. The minimum absolute atomic E-state index is 0.360. The lowest BCUT2D eigenvalue weighted by molar-refractivity contribution is -0.137. The van der Waals surface area contributed by atoms with Crippen molar-refractivity contribution in [2.45, 2.75) is 6.54 Å².